The van der Waals surface area contributed by atoms with Gasteiger partial charge in [-0.1, -0.05) is 17.9 Å². The smallest absolute Gasteiger partial charge is 0.241 e. The molecule has 0 bridgehead atoms. The third-order valence-electron chi connectivity index (χ3n) is 2.88. The molecule has 0 spiro atoms. The van der Waals surface area contributed by atoms with Crippen LogP contribution in [0.3, 0.4) is 0 Å². The Morgan fingerprint density at radius 3 is 2.67 bits per heavy atom. The van der Waals surface area contributed by atoms with Gasteiger partial charge in [-0.05, 0) is 31.5 Å². The summed E-state index contributed by atoms with van der Waals surface area (Å²) in [6.07, 6.45) is 1.54. The molecule has 0 radical (unpaired) electrons. The summed E-state index contributed by atoms with van der Waals surface area (Å²) in [5, 5.41) is -0.260. The Morgan fingerprint density at radius 1 is 1.43 bits per heavy atom. The number of rotatable bonds is 5. The van der Waals surface area contributed by atoms with Gasteiger partial charge in [-0.2, -0.15) is 0 Å². The predicted molar refractivity (Wildman–Crippen MR) is 85.8 cm³/mol. The zero-order chi connectivity index (χ0) is 16.0. The first-order valence-corrected chi connectivity index (χ1v) is 9.50. The molecule has 0 aliphatic carbocycles. The highest BCUT2D eigenvalue weighted by molar-refractivity contribution is 7.89. The SMILES string of the molecule is Cc1ccc(S(=O)(=O)NCC(C)S(C)=O)c(C#CCN)c1. The number of aryl methyl sites for hydroxylation is 1. The first-order chi connectivity index (χ1) is 9.77. The molecule has 116 valence electrons. The van der Waals surface area contributed by atoms with Crippen LogP contribution in [0.2, 0.25) is 0 Å². The standard InChI is InChI=1S/C14H20N2O3S2/c1-11-6-7-14(13(9-11)5-4-8-15)21(18,19)16-10-12(2)20(3)17/h6-7,9,12,16H,8,10,15H2,1-3H3. The van der Waals surface area contributed by atoms with E-state index in [0.29, 0.717) is 5.56 Å². The van der Waals surface area contributed by atoms with Crippen LogP contribution in [0.25, 0.3) is 0 Å². The van der Waals surface area contributed by atoms with Crippen LogP contribution in [0.15, 0.2) is 23.1 Å². The van der Waals surface area contributed by atoms with E-state index < -0.39 is 20.8 Å². The molecule has 0 saturated carbocycles. The molecule has 0 fully saturated rings. The average Bonchev–Trinajstić information content (AvgIpc) is 2.42. The number of hydrogen-bond donors (Lipinski definition) is 2. The Labute approximate surface area is 128 Å². The Bertz CT molecular complexity index is 688. The molecule has 0 saturated heterocycles. The summed E-state index contributed by atoms with van der Waals surface area (Å²) in [5.41, 5.74) is 6.66. The van der Waals surface area contributed by atoms with Crippen LogP contribution >= 0.6 is 0 Å². The highest BCUT2D eigenvalue weighted by Crippen LogP contribution is 2.16. The first-order valence-electron chi connectivity index (χ1n) is 6.39. The molecule has 0 amide bonds. The van der Waals surface area contributed by atoms with Crippen LogP contribution in [0.1, 0.15) is 18.1 Å². The van der Waals surface area contributed by atoms with Crippen molar-refractivity contribution in [2.24, 2.45) is 5.73 Å². The summed E-state index contributed by atoms with van der Waals surface area (Å²) < 4.78 is 38.5. The van der Waals surface area contributed by atoms with Crippen molar-refractivity contribution in [2.45, 2.75) is 24.0 Å². The maximum atomic E-state index is 12.3. The quantitative estimate of drug-likeness (QED) is 0.763. The Morgan fingerprint density at radius 2 is 2.10 bits per heavy atom. The minimum Gasteiger partial charge on any atom is -0.320 e. The molecule has 1 aromatic rings. The summed E-state index contributed by atoms with van der Waals surface area (Å²) >= 11 is 0. The fourth-order valence-electron chi connectivity index (χ4n) is 1.54. The number of nitrogens with one attached hydrogen (secondary N) is 1. The van der Waals surface area contributed by atoms with Crippen molar-refractivity contribution in [3.8, 4) is 11.8 Å². The molecular weight excluding hydrogens is 308 g/mol. The van der Waals surface area contributed by atoms with Gasteiger partial charge in [-0.15, -0.1) is 0 Å². The molecule has 0 aliphatic rings. The number of hydrogen-bond acceptors (Lipinski definition) is 4. The molecule has 21 heavy (non-hydrogen) atoms. The molecule has 0 aliphatic heterocycles. The van der Waals surface area contributed by atoms with Gasteiger partial charge in [0.05, 0.1) is 11.4 Å². The zero-order valence-electron chi connectivity index (χ0n) is 12.3. The summed E-state index contributed by atoms with van der Waals surface area (Å²) in [6.45, 7) is 3.86. The summed E-state index contributed by atoms with van der Waals surface area (Å²) in [6, 6.07) is 4.94. The maximum absolute atomic E-state index is 12.3. The van der Waals surface area contributed by atoms with Crippen molar-refractivity contribution in [2.75, 3.05) is 19.3 Å². The van der Waals surface area contributed by atoms with Crippen LogP contribution in [0.4, 0.5) is 0 Å². The molecule has 0 aromatic heterocycles. The second-order valence-electron chi connectivity index (χ2n) is 4.67. The van der Waals surface area contributed by atoms with E-state index in [2.05, 4.69) is 16.6 Å². The van der Waals surface area contributed by atoms with E-state index in [9.17, 15) is 12.6 Å². The van der Waals surface area contributed by atoms with Crippen molar-refractivity contribution < 1.29 is 12.6 Å². The van der Waals surface area contributed by atoms with Crippen molar-refractivity contribution in [3.63, 3.8) is 0 Å². The van der Waals surface area contributed by atoms with Gasteiger partial charge < -0.3 is 5.73 Å². The largest absolute Gasteiger partial charge is 0.320 e. The Balaban J connectivity index is 3.10. The fraction of sp³-hybridized carbons (Fsp3) is 0.429. The lowest BCUT2D eigenvalue weighted by Gasteiger charge is -2.12. The normalized spacial score (nSPS) is 14.1. The van der Waals surface area contributed by atoms with E-state index >= 15 is 0 Å². The van der Waals surface area contributed by atoms with Crippen molar-refractivity contribution in [1.82, 2.24) is 4.72 Å². The molecule has 0 heterocycles. The molecule has 5 nitrogen and oxygen atoms in total. The van der Waals surface area contributed by atoms with E-state index in [1.807, 2.05) is 6.92 Å². The second-order valence-corrected chi connectivity index (χ2v) is 8.20. The van der Waals surface area contributed by atoms with Gasteiger partial charge in [0.25, 0.3) is 0 Å². The summed E-state index contributed by atoms with van der Waals surface area (Å²) in [4.78, 5) is 0.114. The second kappa shape index (κ2) is 7.71. The first kappa shape index (κ1) is 17.9. The van der Waals surface area contributed by atoms with Crippen molar-refractivity contribution in [1.29, 1.82) is 0 Å². The average molecular weight is 328 g/mol. The van der Waals surface area contributed by atoms with Gasteiger partial charge in [0.2, 0.25) is 10.0 Å². The van der Waals surface area contributed by atoms with E-state index in [0.717, 1.165) is 5.56 Å². The third-order valence-corrected chi connectivity index (χ3v) is 5.66. The third kappa shape index (κ3) is 5.25. The van der Waals surface area contributed by atoms with Crippen molar-refractivity contribution >= 4 is 20.8 Å². The monoisotopic (exact) mass is 328 g/mol. The number of nitrogens with two attached hydrogens (primary N) is 1. The highest BCUT2D eigenvalue weighted by atomic mass is 32.2. The minimum absolute atomic E-state index is 0.114. The lowest BCUT2D eigenvalue weighted by atomic mass is 10.1. The molecule has 2 unspecified atom stereocenters. The van der Waals surface area contributed by atoms with Crippen LogP contribution in [-0.4, -0.2) is 37.2 Å². The van der Waals surface area contributed by atoms with E-state index in [-0.39, 0.29) is 23.2 Å². The molecule has 3 N–H and O–H groups in total. The molecule has 7 heteroatoms. The topological polar surface area (TPSA) is 89.3 Å². The molecule has 1 aromatic carbocycles. The van der Waals surface area contributed by atoms with Gasteiger partial charge in [0, 0.05) is 34.4 Å². The van der Waals surface area contributed by atoms with Gasteiger partial charge in [-0.3, -0.25) is 4.21 Å². The number of sulfonamides is 1. The summed E-state index contributed by atoms with van der Waals surface area (Å²) in [5.74, 6) is 5.44. The van der Waals surface area contributed by atoms with E-state index in [1.165, 1.54) is 6.07 Å². The Kier molecular flexibility index (Phi) is 6.55. The van der Waals surface area contributed by atoms with Crippen LogP contribution in [0, 0.1) is 18.8 Å². The predicted octanol–water partition coefficient (Wildman–Crippen LogP) is 0.351. The van der Waals surface area contributed by atoms with E-state index in [4.69, 9.17) is 5.73 Å². The van der Waals surface area contributed by atoms with Crippen LogP contribution in [-0.2, 0) is 20.8 Å². The van der Waals surface area contributed by atoms with Gasteiger partial charge in [0.15, 0.2) is 0 Å². The van der Waals surface area contributed by atoms with Gasteiger partial charge >= 0.3 is 0 Å². The maximum Gasteiger partial charge on any atom is 0.241 e. The number of benzene rings is 1. The fourth-order valence-corrected chi connectivity index (χ4v) is 3.24. The lowest BCUT2D eigenvalue weighted by molar-refractivity contribution is 0.580. The minimum atomic E-state index is -3.69. The highest BCUT2D eigenvalue weighted by Gasteiger charge is 2.19. The zero-order valence-corrected chi connectivity index (χ0v) is 14.0. The lowest BCUT2D eigenvalue weighted by Crippen LogP contribution is -2.33. The molecule has 1 rings (SSSR count). The molecule has 2 atom stereocenters. The van der Waals surface area contributed by atoms with Crippen molar-refractivity contribution in [3.05, 3.63) is 29.3 Å². The Hall–Kier alpha value is -1.20. The van der Waals surface area contributed by atoms with Crippen LogP contribution in [0.5, 0.6) is 0 Å². The van der Waals surface area contributed by atoms with Crippen LogP contribution < -0.4 is 10.5 Å². The summed E-state index contributed by atoms with van der Waals surface area (Å²) in [7, 11) is -4.78. The van der Waals surface area contributed by atoms with Gasteiger partial charge in [-0.25, -0.2) is 13.1 Å². The van der Waals surface area contributed by atoms with E-state index in [1.54, 1.807) is 25.3 Å². The van der Waals surface area contributed by atoms with Gasteiger partial charge in [0.1, 0.15) is 0 Å². The molecular formula is C14H20N2O3S2.